The van der Waals surface area contributed by atoms with Gasteiger partial charge in [0.2, 0.25) is 0 Å². The standard InChI is InChI=1S/C15H28N2/c1(3-9-16-14-6-7-14)2-4-10-17-12-13-5-8-15(17)11-13/h13-16H,1-12H2. The van der Waals surface area contributed by atoms with Gasteiger partial charge in [-0.1, -0.05) is 12.8 Å². The molecule has 2 unspecified atom stereocenters. The van der Waals surface area contributed by atoms with E-state index < -0.39 is 0 Å². The zero-order valence-electron chi connectivity index (χ0n) is 11.2. The van der Waals surface area contributed by atoms with Crippen molar-refractivity contribution < 1.29 is 0 Å². The maximum Gasteiger partial charge on any atom is 0.00985 e. The smallest absolute Gasteiger partial charge is 0.00985 e. The molecule has 1 N–H and O–H groups in total. The molecule has 1 heterocycles. The highest BCUT2D eigenvalue weighted by Gasteiger charge is 2.36. The molecule has 3 rings (SSSR count). The summed E-state index contributed by atoms with van der Waals surface area (Å²) in [6.45, 7) is 4.07. The first-order valence-electron chi connectivity index (χ1n) is 7.89. The van der Waals surface area contributed by atoms with E-state index >= 15 is 0 Å². The first kappa shape index (κ1) is 12.0. The summed E-state index contributed by atoms with van der Waals surface area (Å²) < 4.78 is 0. The van der Waals surface area contributed by atoms with Crippen LogP contribution >= 0.6 is 0 Å². The molecule has 0 spiro atoms. The van der Waals surface area contributed by atoms with Crippen LogP contribution in [0, 0.1) is 5.92 Å². The molecular weight excluding hydrogens is 208 g/mol. The molecule has 3 aliphatic rings. The van der Waals surface area contributed by atoms with Crippen molar-refractivity contribution in [3.05, 3.63) is 0 Å². The molecule has 2 aliphatic carbocycles. The Hall–Kier alpha value is -0.0800. The van der Waals surface area contributed by atoms with Gasteiger partial charge >= 0.3 is 0 Å². The van der Waals surface area contributed by atoms with Crippen LogP contribution in [0.5, 0.6) is 0 Å². The summed E-state index contributed by atoms with van der Waals surface area (Å²) in [5.74, 6) is 1.07. The van der Waals surface area contributed by atoms with Gasteiger partial charge in [-0.05, 0) is 64.0 Å². The quantitative estimate of drug-likeness (QED) is 0.652. The molecule has 3 fully saturated rings. The summed E-state index contributed by atoms with van der Waals surface area (Å²) in [5.41, 5.74) is 0. The number of hydrogen-bond acceptors (Lipinski definition) is 2. The molecule has 0 aromatic heterocycles. The van der Waals surface area contributed by atoms with Gasteiger partial charge in [0, 0.05) is 18.6 Å². The van der Waals surface area contributed by atoms with Gasteiger partial charge < -0.3 is 10.2 Å². The van der Waals surface area contributed by atoms with E-state index in [2.05, 4.69) is 10.2 Å². The lowest BCUT2D eigenvalue weighted by molar-refractivity contribution is 0.209. The Morgan fingerprint density at radius 2 is 1.82 bits per heavy atom. The topological polar surface area (TPSA) is 15.3 Å². The number of nitrogens with zero attached hydrogens (tertiary/aromatic N) is 1. The number of unbranched alkanes of at least 4 members (excludes halogenated alkanes) is 3. The number of nitrogens with one attached hydrogen (secondary N) is 1. The molecule has 2 heteroatoms. The second-order valence-electron chi connectivity index (χ2n) is 6.47. The summed E-state index contributed by atoms with van der Waals surface area (Å²) in [7, 11) is 0. The minimum absolute atomic E-state index is 0.898. The van der Waals surface area contributed by atoms with E-state index in [1.807, 2.05) is 0 Å². The van der Waals surface area contributed by atoms with Crippen molar-refractivity contribution in [3.63, 3.8) is 0 Å². The van der Waals surface area contributed by atoms with E-state index in [1.165, 1.54) is 77.4 Å². The highest BCUT2D eigenvalue weighted by atomic mass is 15.2. The van der Waals surface area contributed by atoms with Gasteiger partial charge in [0.25, 0.3) is 0 Å². The van der Waals surface area contributed by atoms with Crippen LogP contribution < -0.4 is 5.32 Å². The summed E-state index contributed by atoms with van der Waals surface area (Å²) in [4.78, 5) is 2.77. The number of rotatable bonds is 8. The van der Waals surface area contributed by atoms with Crippen molar-refractivity contribution in [2.45, 2.75) is 69.9 Å². The van der Waals surface area contributed by atoms with Crippen LogP contribution in [0.3, 0.4) is 0 Å². The van der Waals surface area contributed by atoms with Crippen molar-refractivity contribution in [3.8, 4) is 0 Å². The molecule has 1 aliphatic heterocycles. The molecular formula is C15H28N2. The van der Waals surface area contributed by atoms with Crippen molar-refractivity contribution in [1.82, 2.24) is 10.2 Å². The van der Waals surface area contributed by atoms with Crippen LogP contribution in [0.4, 0.5) is 0 Å². The van der Waals surface area contributed by atoms with E-state index in [-0.39, 0.29) is 0 Å². The fraction of sp³-hybridized carbons (Fsp3) is 1.00. The number of piperidine rings is 1. The Balaban J connectivity index is 1.17. The molecule has 2 nitrogen and oxygen atoms in total. The largest absolute Gasteiger partial charge is 0.314 e. The van der Waals surface area contributed by atoms with E-state index in [0.29, 0.717) is 0 Å². The second-order valence-corrected chi connectivity index (χ2v) is 6.47. The van der Waals surface area contributed by atoms with Crippen LogP contribution in [0.1, 0.15) is 57.8 Å². The average molecular weight is 236 g/mol. The van der Waals surface area contributed by atoms with Crippen molar-refractivity contribution in [1.29, 1.82) is 0 Å². The molecule has 98 valence electrons. The van der Waals surface area contributed by atoms with E-state index in [0.717, 1.165) is 18.0 Å². The molecule has 17 heavy (non-hydrogen) atoms. The predicted octanol–water partition coefficient (Wildman–Crippen LogP) is 2.78. The number of likely N-dealkylation sites (tertiary alicyclic amines) is 1. The molecule has 2 atom stereocenters. The highest BCUT2D eigenvalue weighted by molar-refractivity contribution is 4.91. The van der Waals surface area contributed by atoms with E-state index in [4.69, 9.17) is 0 Å². The first-order valence-corrected chi connectivity index (χ1v) is 7.89. The third-order valence-corrected chi connectivity index (χ3v) is 4.91. The summed E-state index contributed by atoms with van der Waals surface area (Å²) in [6, 6.07) is 1.88. The van der Waals surface area contributed by atoms with Gasteiger partial charge in [0.15, 0.2) is 0 Å². The lowest BCUT2D eigenvalue weighted by atomic mass is 10.1. The lowest BCUT2D eigenvalue weighted by Crippen LogP contribution is -2.32. The normalized spacial score (nSPS) is 32.5. The van der Waals surface area contributed by atoms with Crippen LogP contribution in [-0.2, 0) is 0 Å². The van der Waals surface area contributed by atoms with Crippen LogP contribution in [0.2, 0.25) is 0 Å². The van der Waals surface area contributed by atoms with E-state index in [1.54, 1.807) is 0 Å². The van der Waals surface area contributed by atoms with Crippen LogP contribution in [-0.4, -0.2) is 36.6 Å². The minimum atomic E-state index is 0.898. The fourth-order valence-corrected chi connectivity index (χ4v) is 3.69. The van der Waals surface area contributed by atoms with Gasteiger partial charge in [-0.3, -0.25) is 0 Å². The summed E-state index contributed by atoms with van der Waals surface area (Å²) >= 11 is 0. The SMILES string of the molecule is C(CCCN1CC2CCC1C2)CCNC1CC1. The Morgan fingerprint density at radius 3 is 2.53 bits per heavy atom. The third-order valence-electron chi connectivity index (χ3n) is 4.91. The summed E-state index contributed by atoms with van der Waals surface area (Å²) in [6.07, 6.45) is 13.1. The molecule has 2 bridgehead atoms. The predicted molar refractivity (Wildman–Crippen MR) is 72.2 cm³/mol. The maximum atomic E-state index is 3.60. The second kappa shape index (κ2) is 5.71. The Morgan fingerprint density at radius 1 is 0.941 bits per heavy atom. The molecule has 1 saturated heterocycles. The highest BCUT2D eigenvalue weighted by Crippen LogP contribution is 2.37. The van der Waals surface area contributed by atoms with Crippen molar-refractivity contribution in [2.24, 2.45) is 5.92 Å². The minimum Gasteiger partial charge on any atom is -0.314 e. The van der Waals surface area contributed by atoms with Gasteiger partial charge in [-0.25, -0.2) is 0 Å². The van der Waals surface area contributed by atoms with Crippen molar-refractivity contribution in [2.75, 3.05) is 19.6 Å². The maximum absolute atomic E-state index is 3.60. The monoisotopic (exact) mass is 236 g/mol. The van der Waals surface area contributed by atoms with Gasteiger partial charge in [-0.15, -0.1) is 0 Å². The molecule has 2 saturated carbocycles. The Kier molecular flexibility index (Phi) is 4.02. The zero-order chi connectivity index (χ0) is 11.5. The van der Waals surface area contributed by atoms with Crippen molar-refractivity contribution >= 4 is 0 Å². The average Bonchev–Trinajstić information content (AvgIpc) is 2.93. The molecule has 0 aromatic rings. The van der Waals surface area contributed by atoms with Gasteiger partial charge in [-0.2, -0.15) is 0 Å². The molecule has 0 amide bonds. The Labute approximate surface area is 106 Å². The Bertz CT molecular complexity index is 237. The number of fused-ring (bicyclic) bond motifs is 2. The van der Waals surface area contributed by atoms with E-state index in [9.17, 15) is 0 Å². The number of hydrogen-bond donors (Lipinski definition) is 1. The fourth-order valence-electron chi connectivity index (χ4n) is 3.69. The molecule has 0 aromatic carbocycles. The third kappa shape index (κ3) is 3.45. The first-order chi connectivity index (χ1) is 8.42. The molecule has 0 radical (unpaired) electrons. The van der Waals surface area contributed by atoms with Crippen LogP contribution in [0.15, 0.2) is 0 Å². The van der Waals surface area contributed by atoms with Gasteiger partial charge in [0.05, 0.1) is 0 Å². The lowest BCUT2D eigenvalue weighted by Gasteiger charge is -2.26. The summed E-state index contributed by atoms with van der Waals surface area (Å²) in [5, 5.41) is 3.60. The zero-order valence-corrected chi connectivity index (χ0v) is 11.2. The van der Waals surface area contributed by atoms with Crippen LogP contribution in [0.25, 0.3) is 0 Å². The van der Waals surface area contributed by atoms with Gasteiger partial charge in [0.1, 0.15) is 0 Å².